The summed E-state index contributed by atoms with van der Waals surface area (Å²) in [6.45, 7) is 10.1. The third-order valence-electron chi connectivity index (χ3n) is 5.30. The summed E-state index contributed by atoms with van der Waals surface area (Å²) in [5, 5.41) is 15.7. The second-order valence-corrected chi connectivity index (χ2v) is 9.64. The Kier molecular flexibility index (Phi) is 9.37. The number of halogens is 2. The number of carbonyl (C=O) groups is 2. The number of carbonyl (C=O) groups excluding carboxylic acids is 2. The number of rotatable bonds is 10. The molecule has 0 fully saturated rings. The summed E-state index contributed by atoms with van der Waals surface area (Å²) in [5.41, 5.74) is 3.27. The van der Waals surface area contributed by atoms with E-state index in [0.29, 0.717) is 28.1 Å². The SMILES string of the molecule is C=CCn1c(SCC(=O)Nc2c(C)cccc2CC)nnc1C(C)NC(=O)c1ccc(Cl)cc1Cl. The minimum Gasteiger partial charge on any atom is -0.342 e. The van der Waals surface area contributed by atoms with E-state index in [1.807, 2.05) is 29.7 Å². The fraction of sp³-hybridized carbons (Fsp3) is 0.280. The maximum Gasteiger partial charge on any atom is 0.253 e. The molecule has 7 nitrogen and oxygen atoms in total. The lowest BCUT2D eigenvalue weighted by Gasteiger charge is -2.16. The lowest BCUT2D eigenvalue weighted by atomic mass is 10.1. The number of nitrogens with one attached hydrogen (secondary N) is 2. The number of anilines is 1. The first-order chi connectivity index (χ1) is 16.7. The quantitative estimate of drug-likeness (QED) is 0.252. The number of benzene rings is 2. The van der Waals surface area contributed by atoms with Crippen molar-refractivity contribution in [1.82, 2.24) is 20.1 Å². The summed E-state index contributed by atoms with van der Waals surface area (Å²) in [7, 11) is 0. The molecule has 2 amide bonds. The summed E-state index contributed by atoms with van der Waals surface area (Å²) in [6, 6.07) is 10.2. The van der Waals surface area contributed by atoms with Gasteiger partial charge in [0.1, 0.15) is 0 Å². The van der Waals surface area contributed by atoms with Crippen LogP contribution >= 0.6 is 35.0 Å². The number of thioether (sulfide) groups is 1. The van der Waals surface area contributed by atoms with Crippen molar-refractivity contribution in [2.45, 2.75) is 44.9 Å². The predicted molar refractivity (Wildman–Crippen MR) is 142 cm³/mol. The molecule has 1 heterocycles. The summed E-state index contributed by atoms with van der Waals surface area (Å²) >= 11 is 13.4. The molecular weight excluding hydrogens is 505 g/mol. The number of hydrogen-bond acceptors (Lipinski definition) is 5. The molecule has 0 aliphatic carbocycles. The molecule has 2 N–H and O–H groups in total. The molecule has 1 unspecified atom stereocenters. The van der Waals surface area contributed by atoms with Crippen LogP contribution in [0.5, 0.6) is 0 Å². The average Bonchev–Trinajstić information content (AvgIpc) is 3.21. The van der Waals surface area contributed by atoms with Gasteiger partial charge in [0, 0.05) is 17.3 Å². The molecule has 2 aromatic carbocycles. The summed E-state index contributed by atoms with van der Waals surface area (Å²) in [4.78, 5) is 25.4. The third kappa shape index (κ3) is 6.66. The van der Waals surface area contributed by atoms with Crippen LogP contribution in [-0.2, 0) is 17.8 Å². The lowest BCUT2D eigenvalue weighted by molar-refractivity contribution is -0.113. The maximum atomic E-state index is 12.7. The highest BCUT2D eigenvalue weighted by Gasteiger charge is 2.21. The molecule has 0 saturated carbocycles. The van der Waals surface area contributed by atoms with Crippen LogP contribution in [0, 0.1) is 6.92 Å². The van der Waals surface area contributed by atoms with Gasteiger partial charge in [-0.15, -0.1) is 16.8 Å². The highest BCUT2D eigenvalue weighted by molar-refractivity contribution is 7.99. The number of aromatic nitrogens is 3. The van der Waals surface area contributed by atoms with E-state index >= 15 is 0 Å². The van der Waals surface area contributed by atoms with Crippen LogP contribution in [0.2, 0.25) is 10.0 Å². The first kappa shape index (κ1) is 26.8. The Balaban J connectivity index is 1.70. The Labute approximate surface area is 219 Å². The van der Waals surface area contributed by atoms with Gasteiger partial charge in [0.2, 0.25) is 5.91 Å². The van der Waals surface area contributed by atoms with Gasteiger partial charge in [0.05, 0.1) is 22.4 Å². The first-order valence-corrected chi connectivity index (χ1v) is 12.8. The molecule has 0 spiro atoms. The topological polar surface area (TPSA) is 88.9 Å². The summed E-state index contributed by atoms with van der Waals surface area (Å²) < 4.78 is 1.82. The zero-order chi connectivity index (χ0) is 25.5. The van der Waals surface area contributed by atoms with Gasteiger partial charge in [-0.05, 0) is 49.6 Å². The molecule has 0 aliphatic heterocycles. The molecule has 1 atom stereocenters. The Morgan fingerprint density at radius 3 is 2.69 bits per heavy atom. The van der Waals surface area contributed by atoms with Crippen molar-refractivity contribution >= 4 is 52.5 Å². The molecule has 184 valence electrons. The molecule has 0 bridgehead atoms. The molecule has 0 saturated heterocycles. The molecule has 35 heavy (non-hydrogen) atoms. The van der Waals surface area contributed by atoms with Crippen LogP contribution in [0.4, 0.5) is 5.69 Å². The lowest BCUT2D eigenvalue weighted by Crippen LogP contribution is -2.29. The van der Waals surface area contributed by atoms with E-state index in [0.717, 1.165) is 23.2 Å². The number of allylic oxidation sites excluding steroid dienone is 1. The van der Waals surface area contributed by atoms with Gasteiger partial charge in [0.15, 0.2) is 11.0 Å². The third-order valence-corrected chi connectivity index (χ3v) is 6.82. The van der Waals surface area contributed by atoms with Gasteiger partial charge in [0.25, 0.3) is 5.91 Å². The monoisotopic (exact) mass is 531 g/mol. The smallest absolute Gasteiger partial charge is 0.253 e. The van der Waals surface area contributed by atoms with Crippen molar-refractivity contribution in [3.05, 3.63) is 81.6 Å². The molecular formula is C25H27Cl2N5O2S. The molecule has 3 rings (SSSR count). The van der Waals surface area contributed by atoms with Gasteiger partial charge in [-0.1, -0.05) is 66.2 Å². The van der Waals surface area contributed by atoms with E-state index in [2.05, 4.69) is 34.3 Å². The number of hydrogen-bond donors (Lipinski definition) is 2. The molecule has 10 heteroatoms. The Hall–Kier alpha value is -2.81. The fourth-order valence-corrected chi connectivity index (χ4v) is 4.80. The van der Waals surface area contributed by atoms with Crippen molar-refractivity contribution in [3.8, 4) is 0 Å². The van der Waals surface area contributed by atoms with Gasteiger partial charge in [-0.3, -0.25) is 9.59 Å². The maximum absolute atomic E-state index is 12.7. The normalized spacial score (nSPS) is 11.7. The van der Waals surface area contributed by atoms with Crippen molar-refractivity contribution in [2.75, 3.05) is 11.1 Å². The van der Waals surface area contributed by atoms with E-state index in [1.165, 1.54) is 17.8 Å². The average molecular weight is 532 g/mol. The molecule has 0 radical (unpaired) electrons. The van der Waals surface area contributed by atoms with Crippen LogP contribution in [-0.4, -0.2) is 32.3 Å². The zero-order valence-electron chi connectivity index (χ0n) is 19.8. The minimum atomic E-state index is -0.469. The molecule has 3 aromatic rings. The Morgan fingerprint density at radius 1 is 1.23 bits per heavy atom. The molecule has 1 aromatic heterocycles. The zero-order valence-corrected chi connectivity index (χ0v) is 22.1. The second-order valence-electron chi connectivity index (χ2n) is 7.86. The van der Waals surface area contributed by atoms with E-state index in [1.54, 1.807) is 25.1 Å². The standard InChI is InChI=1S/C25H27Cl2N5O2S/c1-5-12-32-23(16(4)28-24(34)19-11-10-18(26)13-20(19)27)30-31-25(32)35-14-21(33)29-22-15(3)8-7-9-17(22)6-2/h5,7-11,13,16H,1,6,12,14H2,2-4H3,(H,28,34)(H,29,33). The molecule has 0 aliphatic rings. The number of nitrogens with zero attached hydrogens (tertiary/aromatic N) is 3. The first-order valence-electron chi connectivity index (χ1n) is 11.1. The largest absolute Gasteiger partial charge is 0.342 e. The van der Waals surface area contributed by atoms with Crippen LogP contribution in [0.25, 0.3) is 0 Å². The summed E-state index contributed by atoms with van der Waals surface area (Å²) in [6.07, 6.45) is 2.54. The van der Waals surface area contributed by atoms with Gasteiger partial charge in [-0.2, -0.15) is 0 Å². The van der Waals surface area contributed by atoms with E-state index in [9.17, 15) is 9.59 Å². The van der Waals surface area contributed by atoms with Gasteiger partial charge < -0.3 is 15.2 Å². The fourth-order valence-electron chi connectivity index (χ4n) is 3.55. The minimum absolute atomic E-state index is 0.132. The van der Waals surface area contributed by atoms with Crippen LogP contribution < -0.4 is 10.6 Å². The highest BCUT2D eigenvalue weighted by atomic mass is 35.5. The van der Waals surface area contributed by atoms with Gasteiger partial charge in [-0.25, -0.2) is 0 Å². The van der Waals surface area contributed by atoms with Crippen molar-refractivity contribution < 1.29 is 9.59 Å². The van der Waals surface area contributed by atoms with E-state index < -0.39 is 6.04 Å². The van der Waals surface area contributed by atoms with Crippen LogP contribution in [0.3, 0.4) is 0 Å². The Bertz CT molecular complexity index is 1240. The van der Waals surface area contributed by atoms with E-state index in [-0.39, 0.29) is 22.6 Å². The second kappa shape index (κ2) is 12.2. The van der Waals surface area contributed by atoms with Crippen LogP contribution in [0.15, 0.2) is 54.2 Å². The number of para-hydroxylation sites is 1. The van der Waals surface area contributed by atoms with Crippen molar-refractivity contribution in [2.24, 2.45) is 0 Å². The summed E-state index contributed by atoms with van der Waals surface area (Å²) in [5.74, 6) is 0.213. The van der Waals surface area contributed by atoms with Crippen molar-refractivity contribution in [3.63, 3.8) is 0 Å². The Morgan fingerprint density at radius 2 is 2.00 bits per heavy atom. The highest BCUT2D eigenvalue weighted by Crippen LogP contribution is 2.25. The predicted octanol–water partition coefficient (Wildman–Crippen LogP) is 5.86. The van der Waals surface area contributed by atoms with E-state index in [4.69, 9.17) is 23.2 Å². The number of aryl methyl sites for hydroxylation is 2. The number of amides is 2. The van der Waals surface area contributed by atoms with Gasteiger partial charge >= 0.3 is 0 Å². The van der Waals surface area contributed by atoms with Crippen molar-refractivity contribution in [1.29, 1.82) is 0 Å². The van der Waals surface area contributed by atoms with Crippen LogP contribution in [0.1, 0.15) is 47.2 Å².